The zero-order valence-electron chi connectivity index (χ0n) is 18.6. The van der Waals surface area contributed by atoms with E-state index < -0.39 is 0 Å². The Hall–Kier alpha value is -0.800. The lowest BCUT2D eigenvalue weighted by Gasteiger charge is -2.06. The number of hydrogen-bond donors (Lipinski definition) is 0. The summed E-state index contributed by atoms with van der Waals surface area (Å²) in [5.74, 6) is 0. The Morgan fingerprint density at radius 1 is 0.552 bits per heavy atom. The molecule has 0 saturated carbocycles. The SMILES string of the molecule is CCCCCCCCCCCCCCCCCCn1c2ccsc2c2sccc21. The van der Waals surface area contributed by atoms with Crippen molar-refractivity contribution in [3.63, 3.8) is 0 Å². The summed E-state index contributed by atoms with van der Waals surface area (Å²) in [5.41, 5.74) is 2.91. The molecular weight excluding hydrogens is 390 g/mol. The molecular formula is C26H41NS2. The first-order valence-electron chi connectivity index (χ1n) is 12.3. The number of aromatic nitrogens is 1. The molecule has 0 aromatic carbocycles. The maximum Gasteiger partial charge on any atom is 0.0700 e. The van der Waals surface area contributed by atoms with Crippen molar-refractivity contribution in [3.8, 4) is 0 Å². The minimum absolute atomic E-state index is 1.19. The van der Waals surface area contributed by atoms with E-state index in [1.165, 1.54) is 130 Å². The third-order valence-electron chi connectivity index (χ3n) is 6.31. The quantitative estimate of drug-likeness (QED) is 0.187. The lowest BCUT2D eigenvalue weighted by atomic mass is 10.0. The van der Waals surface area contributed by atoms with Gasteiger partial charge in [-0.3, -0.25) is 0 Å². The summed E-state index contributed by atoms with van der Waals surface area (Å²) < 4.78 is 5.54. The molecule has 0 spiro atoms. The van der Waals surface area contributed by atoms with Crippen LogP contribution in [0.5, 0.6) is 0 Å². The van der Waals surface area contributed by atoms with Crippen LogP contribution in [0.3, 0.4) is 0 Å². The highest BCUT2D eigenvalue weighted by Gasteiger charge is 2.12. The standard InChI is InChI=1S/C26H41NS2/c1-2-3-4-5-6-7-8-9-10-11-12-13-14-15-16-17-20-27-23-18-21-28-25(23)26-24(27)19-22-29-26/h18-19,21-22H,2-17,20H2,1H3. The third-order valence-corrected chi connectivity index (χ3v) is 8.28. The van der Waals surface area contributed by atoms with Gasteiger partial charge in [-0.15, -0.1) is 22.7 Å². The van der Waals surface area contributed by atoms with Crippen LogP contribution in [0.15, 0.2) is 22.9 Å². The molecule has 3 heteroatoms. The van der Waals surface area contributed by atoms with Gasteiger partial charge in [-0.25, -0.2) is 0 Å². The monoisotopic (exact) mass is 431 g/mol. The van der Waals surface area contributed by atoms with Crippen LogP contribution in [0.25, 0.3) is 20.4 Å². The van der Waals surface area contributed by atoms with E-state index in [1.807, 2.05) is 22.7 Å². The molecule has 3 rings (SSSR count). The molecule has 0 bridgehead atoms. The van der Waals surface area contributed by atoms with Gasteiger partial charge in [0.25, 0.3) is 0 Å². The van der Waals surface area contributed by atoms with Crippen molar-refractivity contribution in [1.29, 1.82) is 0 Å². The Balaban J connectivity index is 1.15. The maximum absolute atomic E-state index is 2.56. The predicted molar refractivity (Wildman–Crippen MR) is 135 cm³/mol. The first-order chi connectivity index (χ1) is 14.4. The maximum atomic E-state index is 2.56. The topological polar surface area (TPSA) is 4.93 Å². The number of fused-ring (bicyclic) bond motifs is 3. The molecule has 29 heavy (non-hydrogen) atoms. The van der Waals surface area contributed by atoms with E-state index in [1.54, 1.807) is 0 Å². The fraction of sp³-hybridized carbons (Fsp3) is 0.692. The molecule has 1 nitrogen and oxygen atoms in total. The van der Waals surface area contributed by atoms with E-state index >= 15 is 0 Å². The summed E-state index contributed by atoms with van der Waals surface area (Å²) >= 11 is 3.79. The average molecular weight is 432 g/mol. The van der Waals surface area contributed by atoms with Crippen molar-refractivity contribution >= 4 is 43.1 Å². The zero-order chi connectivity index (χ0) is 20.2. The highest BCUT2D eigenvalue weighted by Crippen LogP contribution is 2.36. The Morgan fingerprint density at radius 3 is 1.34 bits per heavy atom. The summed E-state index contributed by atoms with van der Waals surface area (Å²) in [7, 11) is 0. The lowest BCUT2D eigenvalue weighted by molar-refractivity contribution is 0.524. The zero-order valence-corrected chi connectivity index (χ0v) is 20.2. The molecule has 0 radical (unpaired) electrons. The van der Waals surface area contributed by atoms with Crippen LogP contribution < -0.4 is 0 Å². The van der Waals surface area contributed by atoms with Crippen LogP contribution in [0, 0.1) is 0 Å². The Kier molecular flexibility index (Phi) is 10.6. The highest BCUT2D eigenvalue weighted by atomic mass is 32.1. The normalized spacial score (nSPS) is 11.9. The van der Waals surface area contributed by atoms with Gasteiger partial charge < -0.3 is 4.57 Å². The number of nitrogens with zero attached hydrogens (tertiary/aromatic N) is 1. The van der Waals surface area contributed by atoms with Crippen LogP contribution in [0.4, 0.5) is 0 Å². The lowest BCUT2D eigenvalue weighted by Crippen LogP contribution is -1.96. The first-order valence-corrected chi connectivity index (χ1v) is 14.1. The molecule has 0 aliphatic carbocycles. The molecule has 0 atom stereocenters. The molecule has 3 aromatic rings. The Labute approximate surface area is 186 Å². The van der Waals surface area contributed by atoms with Gasteiger partial charge in [-0.1, -0.05) is 103 Å². The molecule has 162 valence electrons. The van der Waals surface area contributed by atoms with Crippen molar-refractivity contribution in [2.75, 3.05) is 0 Å². The van der Waals surface area contributed by atoms with Crippen molar-refractivity contribution in [2.24, 2.45) is 0 Å². The van der Waals surface area contributed by atoms with E-state index in [9.17, 15) is 0 Å². The second-order valence-corrected chi connectivity index (χ2v) is 10.6. The highest BCUT2D eigenvalue weighted by molar-refractivity contribution is 7.25. The molecule has 0 aliphatic heterocycles. The Bertz CT molecular complexity index is 746. The fourth-order valence-electron chi connectivity index (χ4n) is 4.56. The van der Waals surface area contributed by atoms with Crippen LogP contribution in [0.2, 0.25) is 0 Å². The molecule has 0 unspecified atom stereocenters. The molecule has 0 saturated heterocycles. The number of aryl methyl sites for hydroxylation is 1. The van der Waals surface area contributed by atoms with Gasteiger partial charge in [0.15, 0.2) is 0 Å². The van der Waals surface area contributed by atoms with E-state index in [4.69, 9.17) is 0 Å². The van der Waals surface area contributed by atoms with Crippen molar-refractivity contribution in [2.45, 2.75) is 116 Å². The van der Waals surface area contributed by atoms with Crippen LogP contribution >= 0.6 is 22.7 Å². The molecule has 0 fully saturated rings. The minimum Gasteiger partial charge on any atom is -0.339 e. The van der Waals surface area contributed by atoms with Gasteiger partial charge in [-0.2, -0.15) is 0 Å². The molecule has 0 amide bonds. The van der Waals surface area contributed by atoms with Crippen LogP contribution in [-0.2, 0) is 6.54 Å². The van der Waals surface area contributed by atoms with Gasteiger partial charge in [0.1, 0.15) is 0 Å². The minimum atomic E-state index is 1.19. The number of hydrogen-bond acceptors (Lipinski definition) is 2. The van der Waals surface area contributed by atoms with Crippen molar-refractivity contribution in [3.05, 3.63) is 22.9 Å². The molecule has 3 heterocycles. The average Bonchev–Trinajstić information content (AvgIpc) is 3.43. The summed E-state index contributed by atoms with van der Waals surface area (Å²) in [5, 5.41) is 4.49. The first kappa shape index (κ1) is 22.9. The van der Waals surface area contributed by atoms with Gasteiger partial charge in [0.05, 0.1) is 20.4 Å². The number of unbranched alkanes of at least 4 members (excludes halogenated alkanes) is 15. The van der Waals surface area contributed by atoms with Gasteiger partial charge in [-0.05, 0) is 29.3 Å². The smallest absolute Gasteiger partial charge is 0.0700 e. The van der Waals surface area contributed by atoms with Crippen molar-refractivity contribution < 1.29 is 0 Å². The summed E-state index contributed by atoms with van der Waals surface area (Å²) in [6, 6.07) is 4.61. The fourth-order valence-corrected chi connectivity index (χ4v) is 6.53. The van der Waals surface area contributed by atoms with E-state index in [0.717, 1.165) is 0 Å². The predicted octanol–water partition coefficient (Wildman–Crippen LogP) is 10.2. The second kappa shape index (κ2) is 13.5. The van der Waals surface area contributed by atoms with Crippen LogP contribution in [0.1, 0.15) is 110 Å². The molecule has 0 aliphatic rings. The van der Waals surface area contributed by atoms with Gasteiger partial charge in [0, 0.05) is 6.54 Å². The van der Waals surface area contributed by atoms with Gasteiger partial charge in [0.2, 0.25) is 0 Å². The Morgan fingerprint density at radius 2 is 0.931 bits per heavy atom. The summed E-state index contributed by atoms with van der Waals surface area (Å²) in [4.78, 5) is 0. The van der Waals surface area contributed by atoms with Crippen molar-refractivity contribution in [1.82, 2.24) is 4.57 Å². The molecule has 0 N–H and O–H groups in total. The largest absolute Gasteiger partial charge is 0.339 e. The summed E-state index contributed by atoms with van der Waals surface area (Å²) in [6.07, 6.45) is 23.0. The van der Waals surface area contributed by atoms with E-state index in [-0.39, 0.29) is 0 Å². The van der Waals surface area contributed by atoms with E-state index in [2.05, 4.69) is 34.4 Å². The molecule has 3 aromatic heterocycles. The van der Waals surface area contributed by atoms with Gasteiger partial charge >= 0.3 is 0 Å². The van der Waals surface area contributed by atoms with Crippen LogP contribution in [-0.4, -0.2) is 4.57 Å². The van der Waals surface area contributed by atoms with E-state index in [0.29, 0.717) is 0 Å². The third kappa shape index (κ3) is 7.14. The number of thiophene rings is 2. The second-order valence-electron chi connectivity index (χ2n) is 8.72. The summed E-state index contributed by atoms with van der Waals surface area (Å²) in [6.45, 7) is 3.49. The number of rotatable bonds is 17.